The summed E-state index contributed by atoms with van der Waals surface area (Å²) in [6, 6.07) is 3.79. The van der Waals surface area contributed by atoms with E-state index in [0.29, 0.717) is 29.4 Å². The number of aromatic nitrogens is 1. The largest absolute Gasteiger partial charge is 0.338 e. The first-order valence-electron chi connectivity index (χ1n) is 6.89. The molecule has 0 spiro atoms. The Morgan fingerprint density at radius 1 is 1.52 bits per heavy atom. The summed E-state index contributed by atoms with van der Waals surface area (Å²) in [5.41, 5.74) is 0.629. The molecule has 0 unspecified atom stereocenters. The summed E-state index contributed by atoms with van der Waals surface area (Å²) in [5.74, 6) is -0.221. The molecule has 2 aromatic rings. The van der Waals surface area contributed by atoms with E-state index < -0.39 is 22.0 Å². The first kappa shape index (κ1) is 16.4. The molecule has 1 aliphatic heterocycles. The lowest BCUT2D eigenvalue weighted by atomic mass is 10.2. The standard InChI is InChI=1S/C13H14ClN3O4S2/c1-8-7-11(21-16-8)15-13(18)9-3-2-6-17(9)23(19,20)12-5-4-10(14)22-12/h4-5,7,9H,2-3,6H2,1H3,(H,15,18)/t9-/m1/s1. The van der Waals surface area contributed by atoms with Crippen LogP contribution in [-0.4, -0.2) is 36.4 Å². The molecule has 1 amide bonds. The van der Waals surface area contributed by atoms with Crippen molar-refractivity contribution in [3.05, 3.63) is 28.2 Å². The van der Waals surface area contributed by atoms with Crippen LogP contribution in [-0.2, 0) is 14.8 Å². The molecule has 10 heteroatoms. The van der Waals surface area contributed by atoms with Gasteiger partial charge in [0.15, 0.2) is 0 Å². The van der Waals surface area contributed by atoms with Crippen LogP contribution in [0.15, 0.2) is 26.9 Å². The van der Waals surface area contributed by atoms with Crippen molar-refractivity contribution in [2.75, 3.05) is 11.9 Å². The van der Waals surface area contributed by atoms with Crippen molar-refractivity contribution in [3.63, 3.8) is 0 Å². The van der Waals surface area contributed by atoms with E-state index in [0.717, 1.165) is 11.3 Å². The molecular weight excluding hydrogens is 362 g/mol. The van der Waals surface area contributed by atoms with Crippen LogP contribution in [0, 0.1) is 6.92 Å². The number of sulfonamides is 1. The SMILES string of the molecule is Cc1cc(NC(=O)[C@H]2CCCN2S(=O)(=O)c2ccc(Cl)s2)on1. The molecule has 23 heavy (non-hydrogen) atoms. The highest BCUT2D eigenvalue weighted by Gasteiger charge is 2.40. The van der Waals surface area contributed by atoms with Gasteiger partial charge in [0.1, 0.15) is 10.3 Å². The maximum Gasteiger partial charge on any atom is 0.253 e. The number of halogens is 1. The van der Waals surface area contributed by atoms with Gasteiger partial charge in [-0.25, -0.2) is 8.42 Å². The Balaban J connectivity index is 1.81. The highest BCUT2D eigenvalue weighted by Crippen LogP contribution is 2.32. The van der Waals surface area contributed by atoms with Crippen LogP contribution < -0.4 is 5.32 Å². The number of nitrogens with one attached hydrogen (secondary N) is 1. The highest BCUT2D eigenvalue weighted by atomic mass is 35.5. The number of carbonyl (C=O) groups is 1. The normalized spacial score (nSPS) is 19.1. The summed E-state index contributed by atoms with van der Waals surface area (Å²) in [6.45, 7) is 2.03. The number of aryl methyl sites for hydroxylation is 1. The highest BCUT2D eigenvalue weighted by molar-refractivity contribution is 7.91. The number of carbonyl (C=O) groups excluding carboxylic acids is 1. The molecule has 0 radical (unpaired) electrons. The van der Waals surface area contributed by atoms with Gasteiger partial charge in [-0.05, 0) is 31.9 Å². The molecule has 0 bridgehead atoms. The Labute approximate surface area is 142 Å². The van der Waals surface area contributed by atoms with Gasteiger partial charge in [0, 0.05) is 12.6 Å². The molecular formula is C13H14ClN3O4S2. The number of anilines is 1. The minimum Gasteiger partial charge on any atom is -0.338 e. The topological polar surface area (TPSA) is 92.5 Å². The van der Waals surface area contributed by atoms with Crippen LogP contribution >= 0.6 is 22.9 Å². The molecule has 124 valence electrons. The lowest BCUT2D eigenvalue weighted by molar-refractivity contribution is -0.119. The third-order valence-electron chi connectivity index (χ3n) is 3.49. The maximum absolute atomic E-state index is 12.7. The minimum atomic E-state index is -3.74. The van der Waals surface area contributed by atoms with Crippen LogP contribution in [0.5, 0.6) is 0 Å². The Morgan fingerprint density at radius 2 is 2.30 bits per heavy atom. The van der Waals surface area contributed by atoms with Crippen molar-refractivity contribution in [3.8, 4) is 0 Å². The second-order valence-corrected chi connectivity index (χ2v) is 8.99. The summed E-state index contributed by atoms with van der Waals surface area (Å²) in [7, 11) is -3.74. The average Bonchev–Trinajstić information content (AvgIpc) is 3.19. The van der Waals surface area contributed by atoms with Crippen molar-refractivity contribution in [2.45, 2.75) is 30.0 Å². The summed E-state index contributed by atoms with van der Waals surface area (Å²) >= 11 is 6.80. The molecule has 1 fully saturated rings. The van der Waals surface area contributed by atoms with Gasteiger partial charge in [-0.2, -0.15) is 4.31 Å². The van der Waals surface area contributed by atoms with Crippen LogP contribution in [0.4, 0.5) is 5.88 Å². The van der Waals surface area contributed by atoms with Crippen molar-refractivity contribution in [1.82, 2.24) is 9.46 Å². The predicted molar refractivity (Wildman–Crippen MR) is 86.1 cm³/mol. The molecule has 2 aromatic heterocycles. The summed E-state index contributed by atoms with van der Waals surface area (Å²) < 4.78 is 32.0. The van der Waals surface area contributed by atoms with Gasteiger partial charge in [-0.1, -0.05) is 16.8 Å². The van der Waals surface area contributed by atoms with E-state index in [1.54, 1.807) is 13.0 Å². The molecule has 3 rings (SSSR count). The molecule has 7 nitrogen and oxygen atoms in total. The number of hydrogen-bond acceptors (Lipinski definition) is 6. The van der Waals surface area contributed by atoms with Crippen LogP contribution in [0.25, 0.3) is 0 Å². The zero-order valence-corrected chi connectivity index (χ0v) is 14.5. The first-order chi connectivity index (χ1) is 10.9. The number of rotatable bonds is 4. The van der Waals surface area contributed by atoms with Crippen LogP contribution in [0.2, 0.25) is 4.34 Å². The molecule has 1 aliphatic rings. The lowest BCUT2D eigenvalue weighted by Gasteiger charge is -2.22. The van der Waals surface area contributed by atoms with E-state index in [1.165, 1.54) is 16.4 Å². The maximum atomic E-state index is 12.7. The lowest BCUT2D eigenvalue weighted by Crippen LogP contribution is -2.42. The Kier molecular flexibility index (Phi) is 4.45. The third-order valence-corrected chi connectivity index (χ3v) is 7.10. The Morgan fingerprint density at radius 3 is 2.91 bits per heavy atom. The zero-order valence-electron chi connectivity index (χ0n) is 12.2. The summed E-state index contributed by atoms with van der Waals surface area (Å²) in [6.07, 6.45) is 1.07. The number of hydrogen-bond donors (Lipinski definition) is 1. The Bertz CT molecular complexity index is 830. The van der Waals surface area contributed by atoms with Crippen molar-refractivity contribution >= 4 is 44.8 Å². The van der Waals surface area contributed by atoms with Crippen molar-refractivity contribution in [1.29, 1.82) is 0 Å². The fraction of sp³-hybridized carbons (Fsp3) is 0.385. The van der Waals surface area contributed by atoms with Gasteiger partial charge in [-0.3, -0.25) is 10.1 Å². The zero-order chi connectivity index (χ0) is 16.6. The van der Waals surface area contributed by atoms with E-state index in [9.17, 15) is 13.2 Å². The third kappa shape index (κ3) is 3.27. The van der Waals surface area contributed by atoms with E-state index in [1.807, 2.05) is 0 Å². The van der Waals surface area contributed by atoms with E-state index >= 15 is 0 Å². The first-order valence-corrected chi connectivity index (χ1v) is 9.53. The van der Waals surface area contributed by atoms with Crippen LogP contribution in [0.1, 0.15) is 18.5 Å². The molecule has 1 atom stereocenters. The second-order valence-electron chi connectivity index (χ2n) is 5.15. The van der Waals surface area contributed by atoms with Gasteiger partial charge in [-0.15, -0.1) is 11.3 Å². The number of thiophene rings is 1. The van der Waals surface area contributed by atoms with Crippen LogP contribution in [0.3, 0.4) is 0 Å². The Hall–Kier alpha value is -1.42. The fourth-order valence-corrected chi connectivity index (χ4v) is 5.74. The van der Waals surface area contributed by atoms with Crippen molar-refractivity contribution < 1.29 is 17.7 Å². The van der Waals surface area contributed by atoms with Gasteiger partial charge in [0.25, 0.3) is 10.0 Å². The molecule has 3 heterocycles. The number of amides is 1. The molecule has 1 saturated heterocycles. The summed E-state index contributed by atoms with van der Waals surface area (Å²) in [4.78, 5) is 12.4. The average molecular weight is 376 g/mol. The molecule has 1 N–H and O–H groups in total. The monoisotopic (exact) mass is 375 g/mol. The van der Waals surface area contributed by atoms with E-state index in [2.05, 4.69) is 10.5 Å². The quantitative estimate of drug-likeness (QED) is 0.886. The van der Waals surface area contributed by atoms with Gasteiger partial charge < -0.3 is 4.52 Å². The fourth-order valence-electron chi connectivity index (χ4n) is 2.47. The van der Waals surface area contributed by atoms with Gasteiger partial charge >= 0.3 is 0 Å². The smallest absolute Gasteiger partial charge is 0.253 e. The minimum absolute atomic E-state index is 0.137. The van der Waals surface area contributed by atoms with E-state index in [-0.39, 0.29) is 10.1 Å². The predicted octanol–water partition coefficient (Wildman–Crippen LogP) is 2.49. The van der Waals surface area contributed by atoms with E-state index in [4.69, 9.17) is 16.1 Å². The van der Waals surface area contributed by atoms with Gasteiger partial charge in [0.2, 0.25) is 11.8 Å². The number of nitrogens with zero attached hydrogens (tertiary/aromatic N) is 2. The summed E-state index contributed by atoms with van der Waals surface area (Å²) in [5, 5.41) is 6.25. The van der Waals surface area contributed by atoms with Crippen molar-refractivity contribution in [2.24, 2.45) is 0 Å². The van der Waals surface area contributed by atoms with Gasteiger partial charge in [0.05, 0.1) is 10.0 Å². The molecule has 0 saturated carbocycles. The molecule has 0 aliphatic carbocycles. The molecule has 0 aromatic carbocycles. The second kappa shape index (κ2) is 6.23.